The van der Waals surface area contributed by atoms with Gasteiger partial charge in [-0.25, -0.2) is 0 Å². The SMILES string of the molecule is CC(=O)N(CCNC(=O)Cc1ccccc1)C(C)c1ccccc1. The van der Waals surface area contributed by atoms with Crippen molar-refractivity contribution in [3.63, 3.8) is 0 Å². The van der Waals surface area contributed by atoms with E-state index in [4.69, 9.17) is 0 Å². The predicted octanol–water partition coefficient (Wildman–Crippen LogP) is 2.96. The molecule has 0 spiro atoms. The van der Waals surface area contributed by atoms with E-state index in [1.165, 1.54) is 0 Å². The number of nitrogens with zero attached hydrogens (tertiary/aromatic N) is 1. The summed E-state index contributed by atoms with van der Waals surface area (Å²) in [5.41, 5.74) is 2.07. The third kappa shape index (κ3) is 5.23. The van der Waals surface area contributed by atoms with E-state index < -0.39 is 0 Å². The highest BCUT2D eigenvalue weighted by molar-refractivity contribution is 5.78. The number of nitrogens with one attached hydrogen (secondary N) is 1. The zero-order valence-corrected chi connectivity index (χ0v) is 14.2. The predicted molar refractivity (Wildman–Crippen MR) is 95.4 cm³/mol. The van der Waals surface area contributed by atoms with Crippen LogP contribution in [0, 0.1) is 0 Å². The number of carbonyl (C=O) groups is 2. The minimum absolute atomic E-state index is 0.00339. The van der Waals surface area contributed by atoms with Gasteiger partial charge in [-0.3, -0.25) is 9.59 Å². The lowest BCUT2D eigenvalue weighted by molar-refractivity contribution is -0.131. The van der Waals surface area contributed by atoms with E-state index in [0.29, 0.717) is 19.5 Å². The average Bonchev–Trinajstić information content (AvgIpc) is 2.59. The van der Waals surface area contributed by atoms with E-state index in [-0.39, 0.29) is 17.9 Å². The van der Waals surface area contributed by atoms with Crippen molar-refractivity contribution < 1.29 is 9.59 Å². The number of rotatable bonds is 7. The molecular formula is C20H24N2O2. The maximum atomic E-state index is 12.0. The second-order valence-electron chi connectivity index (χ2n) is 5.81. The normalized spacial score (nSPS) is 11.6. The molecule has 0 fully saturated rings. The molecule has 0 aliphatic carbocycles. The van der Waals surface area contributed by atoms with E-state index in [1.54, 1.807) is 11.8 Å². The topological polar surface area (TPSA) is 49.4 Å². The van der Waals surface area contributed by atoms with Crippen molar-refractivity contribution in [1.82, 2.24) is 10.2 Å². The maximum Gasteiger partial charge on any atom is 0.224 e. The molecule has 126 valence electrons. The Labute approximate surface area is 143 Å². The highest BCUT2D eigenvalue weighted by Gasteiger charge is 2.18. The van der Waals surface area contributed by atoms with Gasteiger partial charge in [-0.1, -0.05) is 60.7 Å². The van der Waals surface area contributed by atoms with Gasteiger partial charge in [0.05, 0.1) is 12.5 Å². The smallest absolute Gasteiger partial charge is 0.224 e. The average molecular weight is 324 g/mol. The summed E-state index contributed by atoms with van der Waals surface area (Å²) in [6.45, 7) is 4.50. The second-order valence-corrected chi connectivity index (χ2v) is 5.81. The van der Waals surface area contributed by atoms with Crippen LogP contribution < -0.4 is 5.32 Å². The third-order valence-corrected chi connectivity index (χ3v) is 4.04. The molecule has 0 saturated carbocycles. The fourth-order valence-corrected chi connectivity index (χ4v) is 2.69. The van der Waals surface area contributed by atoms with E-state index >= 15 is 0 Å². The van der Waals surface area contributed by atoms with Crippen molar-refractivity contribution in [2.75, 3.05) is 13.1 Å². The van der Waals surface area contributed by atoms with Crippen LogP contribution in [0.1, 0.15) is 31.0 Å². The maximum absolute atomic E-state index is 12.0. The van der Waals surface area contributed by atoms with Crippen LogP contribution >= 0.6 is 0 Å². The van der Waals surface area contributed by atoms with Gasteiger partial charge in [-0.2, -0.15) is 0 Å². The molecule has 2 rings (SSSR count). The summed E-state index contributed by atoms with van der Waals surface area (Å²) in [6.07, 6.45) is 0.356. The zero-order valence-electron chi connectivity index (χ0n) is 14.2. The number of benzene rings is 2. The van der Waals surface area contributed by atoms with E-state index in [0.717, 1.165) is 11.1 Å². The van der Waals surface area contributed by atoms with Crippen molar-refractivity contribution in [2.45, 2.75) is 26.3 Å². The van der Waals surface area contributed by atoms with Gasteiger partial charge in [0.1, 0.15) is 0 Å². The molecule has 1 N–H and O–H groups in total. The largest absolute Gasteiger partial charge is 0.354 e. The highest BCUT2D eigenvalue weighted by Crippen LogP contribution is 2.19. The van der Waals surface area contributed by atoms with E-state index in [2.05, 4.69) is 5.32 Å². The lowest BCUT2D eigenvalue weighted by Crippen LogP contribution is -2.39. The fourth-order valence-electron chi connectivity index (χ4n) is 2.69. The minimum Gasteiger partial charge on any atom is -0.354 e. The van der Waals surface area contributed by atoms with Crippen molar-refractivity contribution in [1.29, 1.82) is 0 Å². The van der Waals surface area contributed by atoms with Gasteiger partial charge < -0.3 is 10.2 Å². The van der Waals surface area contributed by atoms with Gasteiger partial charge >= 0.3 is 0 Å². The first-order valence-corrected chi connectivity index (χ1v) is 8.20. The summed E-state index contributed by atoms with van der Waals surface area (Å²) in [5.74, 6) is -0.0271. The standard InChI is InChI=1S/C20H24N2O2/c1-16(19-11-7-4-8-12-19)22(17(2)23)14-13-21-20(24)15-18-9-5-3-6-10-18/h3-12,16H,13-15H2,1-2H3,(H,21,24). The van der Waals surface area contributed by atoms with Crippen LogP contribution in [0.4, 0.5) is 0 Å². The van der Waals surface area contributed by atoms with Crippen LogP contribution in [-0.2, 0) is 16.0 Å². The second kappa shape index (κ2) is 8.87. The first-order chi connectivity index (χ1) is 11.6. The summed E-state index contributed by atoms with van der Waals surface area (Å²) in [6, 6.07) is 19.5. The molecule has 0 radical (unpaired) electrons. The Bertz CT molecular complexity index is 656. The van der Waals surface area contributed by atoms with Gasteiger partial charge in [0.2, 0.25) is 11.8 Å². The van der Waals surface area contributed by atoms with Crippen molar-refractivity contribution >= 4 is 11.8 Å². The van der Waals surface area contributed by atoms with E-state index in [9.17, 15) is 9.59 Å². The summed E-state index contributed by atoms with van der Waals surface area (Å²) in [5, 5.41) is 2.89. The van der Waals surface area contributed by atoms with Gasteiger partial charge in [0, 0.05) is 20.0 Å². The zero-order chi connectivity index (χ0) is 17.4. The number of hydrogen-bond acceptors (Lipinski definition) is 2. The molecule has 1 atom stereocenters. The molecular weight excluding hydrogens is 300 g/mol. The van der Waals surface area contributed by atoms with Crippen LogP contribution in [0.2, 0.25) is 0 Å². The quantitative estimate of drug-likeness (QED) is 0.851. The summed E-state index contributed by atoms with van der Waals surface area (Å²) in [7, 11) is 0. The molecule has 0 aliphatic heterocycles. The third-order valence-electron chi connectivity index (χ3n) is 4.04. The molecule has 4 nitrogen and oxygen atoms in total. The molecule has 1 unspecified atom stereocenters. The lowest BCUT2D eigenvalue weighted by Gasteiger charge is -2.28. The molecule has 0 saturated heterocycles. The lowest BCUT2D eigenvalue weighted by atomic mass is 10.1. The Morgan fingerprint density at radius 1 is 1.00 bits per heavy atom. The number of hydrogen-bond donors (Lipinski definition) is 1. The highest BCUT2D eigenvalue weighted by atomic mass is 16.2. The number of amides is 2. The Balaban J connectivity index is 1.85. The molecule has 0 aliphatic rings. The van der Waals surface area contributed by atoms with Gasteiger partial charge in [-0.05, 0) is 18.1 Å². The molecule has 4 heteroatoms. The molecule has 0 bridgehead atoms. The van der Waals surface area contributed by atoms with Crippen LogP contribution in [-0.4, -0.2) is 29.8 Å². The molecule has 0 heterocycles. The van der Waals surface area contributed by atoms with Crippen LogP contribution in [0.25, 0.3) is 0 Å². The molecule has 24 heavy (non-hydrogen) atoms. The minimum atomic E-state index is -0.0305. The van der Waals surface area contributed by atoms with Crippen LogP contribution in [0.15, 0.2) is 60.7 Å². The summed E-state index contributed by atoms with van der Waals surface area (Å²) in [4.78, 5) is 25.7. The summed E-state index contributed by atoms with van der Waals surface area (Å²) < 4.78 is 0. The Hall–Kier alpha value is -2.62. The van der Waals surface area contributed by atoms with Gasteiger partial charge in [0.25, 0.3) is 0 Å². The Morgan fingerprint density at radius 2 is 1.58 bits per heavy atom. The number of carbonyl (C=O) groups excluding carboxylic acids is 2. The molecule has 2 aromatic rings. The molecule has 0 aromatic heterocycles. The Kier molecular flexibility index (Phi) is 6.55. The van der Waals surface area contributed by atoms with Crippen molar-refractivity contribution in [3.05, 3.63) is 71.8 Å². The van der Waals surface area contributed by atoms with Crippen LogP contribution in [0.5, 0.6) is 0 Å². The van der Waals surface area contributed by atoms with Crippen molar-refractivity contribution in [3.8, 4) is 0 Å². The van der Waals surface area contributed by atoms with E-state index in [1.807, 2.05) is 67.6 Å². The summed E-state index contributed by atoms with van der Waals surface area (Å²) >= 11 is 0. The monoisotopic (exact) mass is 324 g/mol. The fraction of sp³-hybridized carbons (Fsp3) is 0.300. The molecule has 2 aromatic carbocycles. The van der Waals surface area contributed by atoms with Gasteiger partial charge in [-0.15, -0.1) is 0 Å². The van der Waals surface area contributed by atoms with Gasteiger partial charge in [0.15, 0.2) is 0 Å². The first kappa shape index (κ1) is 17.7. The first-order valence-electron chi connectivity index (χ1n) is 8.20. The molecule has 2 amide bonds. The van der Waals surface area contributed by atoms with Crippen LogP contribution in [0.3, 0.4) is 0 Å². The Morgan fingerprint density at radius 3 is 2.17 bits per heavy atom. The van der Waals surface area contributed by atoms with Crippen molar-refractivity contribution in [2.24, 2.45) is 0 Å².